The molecular formula is C9H16O3. The molecule has 0 radical (unpaired) electrons. The van der Waals surface area contributed by atoms with Crippen LogP contribution in [0.4, 0.5) is 0 Å². The van der Waals surface area contributed by atoms with E-state index in [4.69, 9.17) is 4.74 Å². The van der Waals surface area contributed by atoms with Crippen LogP contribution in [0.5, 0.6) is 0 Å². The number of carbonyl (C=O) groups excluding carboxylic acids is 2. The minimum absolute atomic E-state index is 0.175. The van der Waals surface area contributed by atoms with Crippen molar-refractivity contribution in [3.8, 4) is 0 Å². The Morgan fingerprint density at radius 2 is 1.83 bits per heavy atom. The van der Waals surface area contributed by atoms with Gasteiger partial charge in [-0.1, -0.05) is 20.8 Å². The Morgan fingerprint density at radius 3 is 2.08 bits per heavy atom. The third kappa shape index (κ3) is 3.51. The Bertz CT molecular complexity index is 163. The number of hydrogen-bond acceptors (Lipinski definition) is 3. The highest BCUT2D eigenvalue weighted by atomic mass is 16.5. The molecule has 0 saturated carbocycles. The minimum atomic E-state index is -0.331. The fourth-order valence-corrected chi connectivity index (χ4v) is 1.12. The first-order chi connectivity index (χ1) is 5.49. The number of carbonyl (C=O) groups is 2. The second kappa shape index (κ2) is 4.91. The van der Waals surface area contributed by atoms with E-state index in [1.165, 1.54) is 6.92 Å². The number of aldehydes is 1. The summed E-state index contributed by atoms with van der Waals surface area (Å²) >= 11 is 0. The molecule has 2 atom stereocenters. The van der Waals surface area contributed by atoms with Gasteiger partial charge in [-0.2, -0.15) is 0 Å². The van der Waals surface area contributed by atoms with E-state index < -0.39 is 0 Å². The van der Waals surface area contributed by atoms with Gasteiger partial charge in [0.15, 0.2) is 0 Å². The summed E-state index contributed by atoms with van der Waals surface area (Å²) in [7, 11) is 0. The van der Waals surface area contributed by atoms with Crippen molar-refractivity contribution in [3.05, 3.63) is 0 Å². The molecule has 0 N–H and O–H groups in total. The second-order valence-corrected chi connectivity index (χ2v) is 3.31. The number of esters is 1. The van der Waals surface area contributed by atoms with Crippen molar-refractivity contribution in [1.82, 2.24) is 0 Å². The van der Waals surface area contributed by atoms with Crippen molar-refractivity contribution in [2.24, 2.45) is 11.8 Å². The van der Waals surface area contributed by atoms with E-state index >= 15 is 0 Å². The van der Waals surface area contributed by atoms with Crippen molar-refractivity contribution >= 4 is 12.3 Å². The van der Waals surface area contributed by atoms with Gasteiger partial charge in [-0.25, -0.2) is 0 Å². The average molecular weight is 172 g/mol. The highest BCUT2D eigenvalue weighted by Gasteiger charge is 2.22. The maximum atomic E-state index is 10.6. The summed E-state index contributed by atoms with van der Waals surface area (Å²) in [6, 6.07) is 0. The lowest BCUT2D eigenvalue weighted by Crippen LogP contribution is -2.30. The summed E-state index contributed by atoms with van der Waals surface area (Å²) in [6.45, 7) is 6.95. The molecule has 3 nitrogen and oxygen atoms in total. The Balaban J connectivity index is 4.22. The molecule has 70 valence electrons. The smallest absolute Gasteiger partial charge is 0.302 e. The molecule has 0 heterocycles. The molecule has 0 bridgehead atoms. The zero-order valence-electron chi connectivity index (χ0n) is 8.03. The molecule has 0 aromatic heterocycles. The summed E-state index contributed by atoms with van der Waals surface area (Å²) in [5.74, 6) is -0.384. The second-order valence-electron chi connectivity index (χ2n) is 3.31. The van der Waals surface area contributed by atoms with Crippen LogP contribution < -0.4 is 0 Å². The van der Waals surface area contributed by atoms with Crippen LogP contribution in [0.25, 0.3) is 0 Å². The summed E-state index contributed by atoms with van der Waals surface area (Å²) in [5.41, 5.74) is 0. The van der Waals surface area contributed by atoms with E-state index in [1.54, 1.807) is 6.92 Å². The van der Waals surface area contributed by atoms with Crippen LogP contribution in [0.2, 0.25) is 0 Å². The predicted octanol–water partition coefficient (Wildman–Crippen LogP) is 1.41. The lowest BCUT2D eigenvalue weighted by molar-refractivity contribution is -0.152. The van der Waals surface area contributed by atoms with Crippen LogP contribution in [0.1, 0.15) is 27.7 Å². The quantitative estimate of drug-likeness (QED) is 0.475. The first-order valence-corrected chi connectivity index (χ1v) is 4.11. The van der Waals surface area contributed by atoms with Gasteiger partial charge in [0, 0.05) is 12.8 Å². The predicted molar refractivity (Wildman–Crippen MR) is 45.6 cm³/mol. The normalized spacial score (nSPS) is 15.4. The van der Waals surface area contributed by atoms with Crippen molar-refractivity contribution in [2.75, 3.05) is 0 Å². The van der Waals surface area contributed by atoms with Gasteiger partial charge in [0.25, 0.3) is 0 Å². The molecule has 0 rings (SSSR count). The molecule has 0 unspecified atom stereocenters. The van der Waals surface area contributed by atoms with Gasteiger partial charge >= 0.3 is 5.97 Å². The Kier molecular flexibility index (Phi) is 4.55. The first kappa shape index (κ1) is 11.1. The summed E-state index contributed by atoms with van der Waals surface area (Å²) in [5, 5.41) is 0. The van der Waals surface area contributed by atoms with Crippen molar-refractivity contribution < 1.29 is 14.3 Å². The highest BCUT2D eigenvalue weighted by molar-refractivity contribution is 5.67. The van der Waals surface area contributed by atoms with Gasteiger partial charge in [-0.3, -0.25) is 4.79 Å². The highest BCUT2D eigenvalue weighted by Crippen LogP contribution is 2.14. The van der Waals surface area contributed by atoms with Crippen LogP contribution >= 0.6 is 0 Å². The van der Waals surface area contributed by atoms with Crippen molar-refractivity contribution in [2.45, 2.75) is 33.8 Å². The molecule has 0 aliphatic heterocycles. The van der Waals surface area contributed by atoms with Gasteiger partial charge in [0.05, 0.1) is 0 Å². The van der Waals surface area contributed by atoms with Gasteiger partial charge in [0.1, 0.15) is 12.4 Å². The molecule has 0 aliphatic rings. The van der Waals surface area contributed by atoms with Crippen LogP contribution in [0.3, 0.4) is 0 Å². The standard InChI is InChI=1S/C9H16O3/c1-6(2)9(7(3)5-10)12-8(4)11/h5-7,9H,1-4H3/t7-,9-/m0/s1. The molecule has 0 aromatic rings. The van der Waals surface area contributed by atoms with Gasteiger partial charge < -0.3 is 9.53 Å². The molecule has 0 aromatic carbocycles. The van der Waals surface area contributed by atoms with Gasteiger partial charge in [0.2, 0.25) is 0 Å². The van der Waals surface area contributed by atoms with Gasteiger partial charge in [-0.15, -0.1) is 0 Å². The fraction of sp³-hybridized carbons (Fsp3) is 0.778. The molecule has 0 aliphatic carbocycles. The minimum Gasteiger partial charge on any atom is -0.462 e. The topological polar surface area (TPSA) is 43.4 Å². The summed E-state index contributed by atoms with van der Waals surface area (Å²) in [4.78, 5) is 21.1. The van der Waals surface area contributed by atoms with Gasteiger partial charge in [-0.05, 0) is 5.92 Å². The fourth-order valence-electron chi connectivity index (χ4n) is 1.12. The summed E-state index contributed by atoms with van der Waals surface area (Å²) < 4.78 is 4.99. The van der Waals surface area contributed by atoms with E-state index in [9.17, 15) is 9.59 Å². The number of ether oxygens (including phenoxy) is 1. The van der Waals surface area contributed by atoms with Crippen molar-refractivity contribution in [3.63, 3.8) is 0 Å². The molecular weight excluding hydrogens is 156 g/mol. The zero-order chi connectivity index (χ0) is 9.72. The number of hydrogen-bond donors (Lipinski definition) is 0. The van der Waals surface area contributed by atoms with E-state index in [0.717, 1.165) is 6.29 Å². The van der Waals surface area contributed by atoms with Crippen molar-refractivity contribution in [1.29, 1.82) is 0 Å². The summed E-state index contributed by atoms with van der Waals surface area (Å²) in [6.07, 6.45) is 0.521. The molecule has 12 heavy (non-hydrogen) atoms. The maximum absolute atomic E-state index is 10.6. The Hall–Kier alpha value is -0.860. The van der Waals surface area contributed by atoms with Crippen LogP contribution in [-0.2, 0) is 14.3 Å². The SMILES string of the molecule is CC(=O)O[C@@H](C(C)C)[C@@H](C)C=O. The van der Waals surface area contributed by atoms with E-state index in [-0.39, 0.29) is 23.9 Å². The first-order valence-electron chi connectivity index (χ1n) is 4.11. The lowest BCUT2D eigenvalue weighted by Gasteiger charge is -2.23. The van der Waals surface area contributed by atoms with Crippen LogP contribution in [0, 0.1) is 11.8 Å². The monoisotopic (exact) mass is 172 g/mol. The van der Waals surface area contributed by atoms with E-state index in [2.05, 4.69) is 0 Å². The number of rotatable bonds is 4. The van der Waals surface area contributed by atoms with E-state index in [0.29, 0.717) is 0 Å². The molecule has 0 fully saturated rings. The molecule has 0 saturated heterocycles. The largest absolute Gasteiger partial charge is 0.462 e. The molecule has 0 amide bonds. The Morgan fingerprint density at radius 1 is 1.33 bits per heavy atom. The third-order valence-electron chi connectivity index (χ3n) is 1.69. The molecule has 0 spiro atoms. The zero-order valence-corrected chi connectivity index (χ0v) is 8.03. The van der Waals surface area contributed by atoms with Crippen LogP contribution in [0.15, 0.2) is 0 Å². The maximum Gasteiger partial charge on any atom is 0.302 e. The third-order valence-corrected chi connectivity index (χ3v) is 1.69. The Labute approximate surface area is 73.1 Å². The average Bonchev–Trinajstić information content (AvgIpc) is 1.98. The van der Waals surface area contributed by atoms with E-state index in [1.807, 2.05) is 13.8 Å². The van der Waals surface area contributed by atoms with Crippen LogP contribution in [-0.4, -0.2) is 18.4 Å². The molecule has 3 heteroatoms. The lowest BCUT2D eigenvalue weighted by atomic mass is 9.96.